The molecule has 0 bridgehead atoms. The molecule has 0 aromatic carbocycles. The fourth-order valence-electron chi connectivity index (χ4n) is 1.80. The maximum Gasteiger partial charge on any atom is 0.113 e. The van der Waals surface area contributed by atoms with Gasteiger partial charge in [0, 0.05) is 12.6 Å². The molecule has 0 N–H and O–H groups in total. The summed E-state index contributed by atoms with van der Waals surface area (Å²) in [5.74, 6) is 0.595. The molecule has 0 unspecified atom stereocenters. The SMILES string of the molecule is CC(C)[C@@H]1O[C@H](C)CN1C(C)C. The summed E-state index contributed by atoms with van der Waals surface area (Å²) in [7, 11) is 0. The first-order valence-corrected chi connectivity index (χ1v) is 4.93. The monoisotopic (exact) mass is 171 g/mol. The summed E-state index contributed by atoms with van der Waals surface area (Å²) >= 11 is 0. The van der Waals surface area contributed by atoms with Gasteiger partial charge in [-0.1, -0.05) is 13.8 Å². The average molecular weight is 171 g/mol. The van der Waals surface area contributed by atoms with E-state index in [1.54, 1.807) is 0 Å². The third-order valence-corrected chi connectivity index (χ3v) is 2.40. The van der Waals surface area contributed by atoms with E-state index in [9.17, 15) is 0 Å². The molecule has 1 aliphatic heterocycles. The molecular formula is C10H21NO. The van der Waals surface area contributed by atoms with Crippen LogP contribution < -0.4 is 0 Å². The van der Waals surface area contributed by atoms with Crippen molar-refractivity contribution in [1.82, 2.24) is 4.90 Å². The normalized spacial score (nSPS) is 32.2. The molecule has 2 nitrogen and oxygen atoms in total. The molecule has 1 rings (SSSR count). The Balaban J connectivity index is 2.59. The Bertz CT molecular complexity index is 129. The number of hydrogen-bond acceptors (Lipinski definition) is 2. The summed E-state index contributed by atoms with van der Waals surface area (Å²) in [6.07, 6.45) is 0.736. The highest BCUT2D eigenvalue weighted by atomic mass is 16.5. The molecule has 0 aromatic rings. The topological polar surface area (TPSA) is 12.5 Å². The lowest BCUT2D eigenvalue weighted by atomic mass is 10.1. The summed E-state index contributed by atoms with van der Waals surface area (Å²) in [5, 5.41) is 0. The maximum absolute atomic E-state index is 5.82. The summed E-state index contributed by atoms with van der Waals surface area (Å²) in [4.78, 5) is 2.44. The number of rotatable bonds is 2. The molecule has 12 heavy (non-hydrogen) atoms. The standard InChI is InChI=1S/C10H21NO/c1-7(2)10-11(8(3)4)6-9(5)12-10/h7-10H,6H2,1-5H3/t9-,10+/m1/s1. The highest BCUT2D eigenvalue weighted by molar-refractivity contribution is 4.79. The second-order valence-electron chi connectivity index (χ2n) is 4.37. The Labute approximate surface area is 75.9 Å². The highest BCUT2D eigenvalue weighted by Crippen LogP contribution is 2.23. The summed E-state index contributed by atoms with van der Waals surface area (Å²) < 4.78 is 5.82. The van der Waals surface area contributed by atoms with E-state index >= 15 is 0 Å². The quantitative estimate of drug-likeness (QED) is 0.631. The van der Waals surface area contributed by atoms with Gasteiger partial charge in [0.05, 0.1) is 6.10 Å². The largest absolute Gasteiger partial charge is 0.359 e. The Morgan fingerprint density at radius 2 is 1.83 bits per heavy atom. The Hall–Kier alpha value is -0.0800. The van der Waals surface area contributed by atoms with Gasteiger partial charge in [-0.05, 0) is 26.7 Å². The molecule has 2 heteroatoms. The highest BCUT2D eigenvalue weighted by Gasteiger charge is 2.33. The van der Waals surface area contributed by atoms with Crippen molar-refractivity contribution in [3.63, 3.8) is 0 Å². The van der Waals surface area contributed by atoms with Crippen LogP contribution in [0.5, 0.6) is 0 Å². The van der Waals surface area contributed by atoms with Crippen LogP contribution in [-0.4, -0.2) is 29.8 Å². The van der Waals surface area contributed by atoms with E-state index in [0.29, 0.717) is 24.3 Å². The van der Waals surface area contributed by atoms with Crippen molar-refractivity contribution >= 4 is 0 Å². The minimum atomic E-state index is 0.333. The van der Waals surface area contributed by atoms with Crippen molar-refractivity contribution in [2.45, 2.75) is 53.0 Å². The van der Waals surface area contributed by atoms with Gasteiger partial charge in [-0.3, -0.25) is 4.90 Å². The first-order valence-electron chi connectivity index (χ1n) is 4.93. The van der Waals surface area contributed by atoms with E-state index in [1.165, 1.54) is 0 Å². The van der Waals surface area contributed by atoms with Gasteiger partial charge >= 0.3 is 0 Å². The molecule has 0 amide bonds. The molecule has 0 aromatic heterocycles. The van der Waals surface area contributed by atoms with Crippen molar-refractivity contribution in [1.29, 1.82) is 0 Å². The molecule has 0 saturated carbocycles. The van der Waals surface area contributed by atoms with E-state index in [-0.39, 0.29) is 0 Å². The zero-order valence-electron chi connectivity index (χ0n) is 8.87. The second-order valence-corrected chi connectivity index (χ2v) is 4.37. The van der Waals surface area contributed by atoms with Crippen LogP contribution in [0.3, 0.4) is 0 Å². The number of ether oxygens (including phenoxy) is 1. The van der Waals surface area contributed by atoms with E-state index in [4.69, 9.17) is 4.74 Å². The maximum atomic E-state index is 5.82. The number of hydrogen-bond donors (Lipinski definition) is 0. The fraction of sp³-hybridized carbons (Fsp3) is 1.00. The molecule has 1 fully saturated rings. The van der Waals surface area contributed by atoms with Crippen molar-refractivity contribution in [2.24, 2.45) is 5.92 Å². The lowest BCUT2D eigenvalue weighted by Gasteiger charge is -2.28. The first-order chi connectivity index (χ1) is 5.52. The van der Waals surface area contributed by atoms with Gasteiger partial charge in [0.1, 0.15) is 6.23 Å². The fourth-order valence-corrected chi connectivity index (χ4v) is 1.80. The second kappa shape index (κ2) is 3.75. The molecular weight excluding hydrogens is 150 g/mol. The molecule has 2 atom stereocenters. The lowest BCUT2D eigenvalue weighted by Crippen LogP contribution is -2.39. The van der Waals surface area contributed by atoms with Crippen molar-refractivity contribution < 1.29 is 4.74 Å². The van der Waals surface area contributed by atoms with Gasteiger partial charge in [0.25, 0.3) is 0 Å². The number of nitrogens with zero attached hydrogens (tertiary/aromatic N) is 1. The third kappa shape index (κ3) is 1.99. The minimum Gasteiger partial charge on any atom is -0.359 e. The van der Waals surface area contributed by atoms with Gasteiger partial charge < -0.3 is 4.74 Å². The van der Waals surface area contributed by atoms with Crippen LogP contribution in [0.15, 0.2) is 0 Å². The van der Waals surface area contributed by atoms with Crippen LogP contribution in [-0.2, 0) is 4.74 Å². The van der Waals surface area contributed by atoms with Gasteiger partial charge in [0.15, 0.2) is 0 Å². The molecule has 0 aliphatic carbocycles. The zero-order chi connectivity index (χ0) is 9.30. The predicted molar refractivity (Wildman–Crippen MR) is 51.0 cm³/mol. The van der Waals surface area contributed by atoms with E-state index in [1.807, 2.05) is 0 Å². The van der Waals surface area contributed by atoms with Crippen molar-refractivity contribution in [2.75, 3.05) is 6.54 Å². The van der Waals surface area contributed by atoms with Crippen molar-refractivity contribution in [3.05, 3.63) is 0 Å². The molecule has 1 heterocycles. The van der Waals surface area contributed by atoms with Crippen LogP contribution in [0.2, 0.25) is 0 Å². The molecule has 1 saturated heterocycles. The molecule has 72 valence electrons. The lowest BCUT2D eigenvalue weighted by molar-refractivity contribution is -0.0347. The predicted octanol–water partition coefficient (Wildman–Crippen LogP) is 2.10. The van der Waals surface area contributed by atoms with E-state index in [2.05, 4.69) is 39.5 Å². The van der Waals surface area contributed by atoms with Crippen LogP contribution in [0, 0.1) is 5.92 Å². The van der Waals surface area contributed by atoms with Crippen LogP contribution in [0.25, 0.3) is 0 Å². The molecule has 0 spiro atoms. The summed E-state index contributed by atoms with van der Waals surface area (Å²) in [6, 6.07) is 0.599. The van der Waals surface area contributed by atoms with Gasteiger partial charge in [-0.2, -0.15) is 0 Å². The third-order valence-electron chi connectivity index (χ3n) is 2.40. The summed E-state index contributed by atoms with van der Waals surface area (Å²) in [5.41, 5.74) is 0. The Morgan fingerprint density at radius 1 is 1.25 bits per heavy atom. The minimum absolute atomic E-state index is 0.333. The Morgan fingerprint density at radius 3 is 2.17 bits per heavy atom. The van der Waals surface area contributed by atoms with Crippen LogP contribution in [0.1, 0.15) is 34.6 Å². The van der Waals surface area contributed by atoms with E-state index in [0.717, 1.165) is 6.54 Å². The first kappa shape index (κ1) is 10.0. The Kier molecular flexibility index (Phi) is 3.13. The van der Waals surface area contributed by atoms with Crippen LogP contribution >= 0.6 is 0 Å². The molecule has 1 aliphatic rings. The van der Waals surface area contributed by atoms with Gasteiger partial charge in [-0.25, -0.2) is 0 Å². The van der Waals surface area contributed by atoms with Crippen molar-refractivity contribution in [3.8, 4) is 0 Å². The van der Waals surface area contributed by atoms with E-state index < -0.39 is 0 Å². The average Bonchev–Trinajstić information content (AvgIpc) is 2.31. The summed E-state index contributed by atoms with van der Waals surface area (Å²) in [6.45, 7) is 12.1. The van der Waals surface area contributed by atoms with Gasteiger partial charge in [0.2, 0.25) is 0 Å². The smallest absolute Gasteiger partial charge is 0.113 e. The van der Waals surface area contributed by atoms with Gasteiger partial charge in [-0.15, -0.1) is 0 Å². The van der Waals surface area contributed by atoms with Crippen LogP contribution in [0.4, 0.5) is 0 Å². The molecule has 0 radical (unpaired) electrons. The zero-order valence-corrected chi connectivity index (χ0v) is 8.87.